The minimum atomic E-state index is 1.30. The average Bonchev–Trinajstić information content (AvgIpc) is 3.19. The SMILES string of the molecule is Cc1cc(-c2ccccc2)sc1-c1sc(-c2ccccc2)cc1C. The lowest BCUT2D eigenvalue weighted by molar-refractivity contribution is 1.51. The monoisotopic (exact) mass is 346 g/mol. The molecule has 0 saturated carbocycles. The van der Waals surface area contributed by atoms with E-state index in [1.54, 1.807) is 0 Å². The van der Waals surface area contributed by atoms with Crippen molar-refractivity contribution >= 4 is 22.7 Å². The second-order valence-corrected chi connectivity index (χ2v) is 8.08. The molecule has 0 radical (unpaired) electrons. The summed E-state index contributed by atoms with van der Waals surface area (Å²) in [5.41, 5.74) is 5.33. The standard InChI is InChI=1S/C22H18S2/c1-15-13-19(17-9-5-3-6-10-17)23-21(15)22-16(2)14-20(24-22)18-11-7-4-8-12-18/h3-14H,1-2H3. The lowest BCUT2D eigenvalue weighted by atomic mass is 10.1. The molecule has 24 heavy (non-hydrogen) atoms. The molecule has 0 spiro atoms. The van der Waals surface area contributed by atoms with Gasteiger partial charge in [0.1, 0.15) is 0 Å². The predicted molar refractivity (Wildman–Crippen MR) is 108 cm³/mol. The highest BCUT2D eigenvalue weighted by atomic mass is 32.1. The Morgan fingerprint density at radius 1 is 0.542 bits per heavy atom. The molecule has 0 unspecified atom stereocenters. The van der Waals surface area contributed by atoms with E-state index in [4.69, 9.17) is 0 Å². The van der Waals surface area contributed by atoms with Crippen LogP contribution < -0.4 is 0 Å². The van der Waals surface area contributed by atoms with Crippen LogP contribution in [0.15, 0.2) is 72.8 Å². The molecule has 0 bridgehead atoms. The van der Waals surface area contributed by atoms with E-state index in [1.807, 2.05) is 22.7 Å². The van der Waals surface area contributed by atoms with Gasteiger partial charge < -0.3 is 0 Å². The maximum Gasteiger partial charge on any atom is 0.0481 e. The molecule has 118 valence electrons. The van der Waals surface area contributed by atoms with Crippen molar-refractivity contribution in [2.24, 2.45) is 0 Å². The molecule has 0 aliphatic carbocycles. The zero-order valence-corrected chi connectivity index (χ0v) is 15.4. The van der Waals surface area contributed by atoms with Crippen molar-refractivity contribution in [2.45, 2.75) is 13.8 Å². The van der Waals surface area contributed by atoms with E-state index in [2.05, 4.69) is 86.6 Å². The van der Waals surface area contributed by atoms with Gasteiger partial charge >= 0.3 is 0 Å². The number of thiophene rings is 2. The Kier molecular flexibility index (Phi) is 4.09. The zero-order valence-electron chi connectivity index (χ0n) is 13.7. The second-order valence-electron chi connectivity index (χ2n) is 5.98. The molecular weight excluding hydrogens is 328 g/mol. The fourth-order valence-electron chi connectivity index (χ4n) is 2.90. The third kappa shape index (κ3) is 2.83. The molecule has 4 aromatic rings. The molecular formula is C22H18S2. The summed E-state index contributed by atoms with van der Waals surface area (Å²) in [4.78, 5) is 5.49. The summed E-state index contributed by atoms with van der Waals surface area (Å²) in [6, 6.07) is 25.9. The summed E-state index contributed by atoms with van der Waals surface area (Å²) in [5, 5.41) is 0. The van der Waals surface area contributed by atoms with Crippen LogP contribution in [0.4, 0.5) is 0 Å². The Hall–Kier alpha value is -2.16. The molecule has 2 aromatic heterocycles. The zero-order chi connectivity index (χ0) is 16.5. The third-order valence-corrected chi connectivity index (χ3v) is 6.89. The Balaban J connectivity index is 1.78. The molecule has 0 fully saturated rings. The molecule has 0 nitrogen and oxygen atoms in total. The molecule has 0 amide bonds. The van der Waals surface area contributed by atoms with Crippen LogP contribution in [0.2, 0.25) is 0 Å². The Bertz CT molecular complexity index is 878. The van der Waals surface area contributed by atoms with E-state index in [0.29, 0.717) is 0 Å². The van der Waals surface area contributed by atoms with Gasteiger partial charge in [-0.15, -0.1) is 22.7 Å². The summed E-state index contributed by atoms with van der Waals surface area (Å²) >= 11 is 3.80. The van der Waals surface area contributed by atoms with Crippen molar-refractivity contribution in [2.75, 3.05) is 0 Å². The van der Waals surface area contributed by atoms with E-state index in [9.17, 15) is 0 Å². The van der Waals surface area contributed by atoms with E-state index < -0.39 is 0 Å². The fraction of sp³-hybridized carbons (Fsp3) is 0.0909. The van der Waals surface area contributed by atoms with Crippen LogP contribution in [0.3, 0.4) is 0 Å². The second kappa shape index (κ2) is 6.39. The summed E-state index contributed by atoms with van der Waals surface area (Å²) in [7, 11) is 0. The Morgan fingerprint density at radius 3 is 1.29 bits per heavy atom. The van der Waals surface area contributed by atoms with Gasteiger partial charge in [-0.3, -0.25) is 0 Å². The van der Waals surface area contributed by atoms with Crippen LogP contribution in [-0.2, 0) is 0 Å². The number of rotatable bonds is 3. The first-order chi connectivity index (χ1) is 11.7. The van der Waals surface area contributed by atoms with Crippen LogP contribution in [0.1, 0.15) is 11.1 Å². The normalized spacial score (nSPS) is 10.9. The number of hydrogen-bond donors (Lipinski definition) is 0. The largest absolute Gasteiger partial charge is 0.134 e. The summed E-state index contributed by atoms with van der Waals surface area (Å²) in [6.07, 6.45) is 0. The summed E-state index contributed by atoms with van der Waals surface area (Å²) in [5.74, 6) is 0. The number of benzene rings is 2. The summed E-state index contributed by atoms with van der Waals surface area (Å²) < 4.78 is 0. The molecule has 2 heteroatoms. The fourth-order valence-corrected chi connectivity index (χ4v) is 5.52. The average molecular weight is 347 g/mol. The van der Waals surface area contributed by atoms with Gasteiger partial charge in [0, 0.05) is 19.5 Å². The van der Waals surface area contributed by atoms with E-state index >= 15 is 0 Å². The van der Waals surface area contributed by atoms with E-state index in [1.165, 1.54) is 41.8 Å². The first-order valence-electron chi connectivity index (χ1n) is 8.04. The third-order valence-electron chi connectivity index (χ3n) is 4.16. The molecule has 0 aliphatic heterocycles. The minimum absolute atomic E-state index is 1.30. The van der Waals surface area contributed by atoms with Gasteiger partial charge in [-0.25, -0.2) is 0 Å². The molecule has 0 aliphatic rings. The van der Waals surface area contributed by atoms with E-state index in [-0.39, 0.29) is 0 Å². The minimum Gasteiger partial charge on any atom is -0.134 e. The maximum absolute atomic E-state index is 2.32. The lowest BCUT2D eigenvalue weighted by Crippen LogP contribution is -1.72. The molecule has 0 saturated heterocycles. The van der Waals surface area contributed by atoms with Crippen molar-refractivity contribution in [3.63, 3.8) is 0 Å². The van der Waals surface area contributed by atoms with Crippen LogP contribution in [0.25, 0.3) is 30.6 Å². The first-order valence-corrected chi connectivity index (χ1v) is 9.68. The highest BCUT2D eigenvalue weighted by molar-refractivity contribution is 7.25. The van der Waals surface area contributed by atoms with Crippen molar-refractivity contribution in [1.29, 1.82) is 0 Å². The highest BCUT2D eigenvalue weighted by Crippen LogP contribution is 2.44. The van der Waals surface area contributed by atoms with Crippen molar-refractivity contribution < 1.29 is 0 Å². The molecule has 4 rings (SSSR count). The van der Waals surface area contributed by atoms with Gasteiger partial charge in [-0.1, -0.05) is 60.7 Å². The highest BCUT2D eigenvalue weighted by Gasteiger charge is 2.15. The number of aryl methyl sites for hydroxylation is 2. The van der Waals surface area contributed by atoms with Gasteiger partial charge in [-0.05, 0) is 48.2 Å². The van der Waals surface area contributed by atoms with Gasteiger partial charge in [0.05, 0.1) is 0 Å². The molecule has 0 atom stereocenters. The van der Waals surface area contributed by atoms with Crippen molar-refractivity contribution in [3.05, 3.63) is 83.9 Å². The van der Waals surface area contributed by atoms with Gasteiger partial charge in [0.25, 0.3) is 0 Å². The lowest BCUT2D eigenvalue weighted by Gasteiger charge is -1.98. The molecule has 2 heterocycles. The van der Waals surface area contributed by atoms with Crippen LogP contribution in [-0.4, -0.2) is 0 Å². The predicted octanol–water partition coefficient (Wildman–Crippen LogP) is 7.43. The van der Waals surface area contributed by atoms with Crippen LogP contribution in [0.5, 0.6) is 0 Å². The van der Waals surface area contributed by atoms with Crippen molar-refractivity contribution in [3.8, 4) is 30.6 Å². The number of hydrogen-bond acceptors (Lipinski definition) is 2. The van der Waals surface area contributed by atoms with E-state index in [0.717, 1.165) is 0 Å². The quantitative estimate of drug-likeness (QED) is 0.362. The van der Waals surface area contributed by atoms with Crippen molar-refractivity contribution in [1.82, 2.24) is 0 Å². The smallest absolute Gasteiger partial charge is 0.0481 e. The summed E-state index contributed by atoms with van der Waals surface area (Å²) in [6.45, 7) is 4.44. The van der Waals surface area contributed by atoms with Gasteiger partial charge in [0.2, 0.25) is 0 Å². The van der Waals surface area contributed by atoms with Gasteiger partial charge in [0.15, 0.2) is 0 Å². The first kappa shape index (κ1) is 15.4. The maximum atomic E-state index is 2.32. The molecule has 0 N–H and O–H groups in total. The topological polar surface area (TPSA) is 0 Å². The Labute approximate surface area is 151 Å². The van der Waals surface area contributed by atoms with Gasteiger partial charge in [-0.2, -0.15) is 0 Å². The van der Waals surface area contributed by atoms with Crippen LogP contribution in [0, 0.1) is 13.8 Å². The molecule has 2 aromatic carbocycles. The Morgan fingerprint density at radius 2 is 0.917 bits per heavy atom. The van der Waals surface area contributed by atoms with Crippen LogP contribution >= 0.6 is 22.7 Å².